The molecule has 0 fully saturated rings. The SMILES string of the molecule is COc1ccc(-c2nnc(-c3ccc(OC)cc3)c3nccnc23)cc1. The smallest absolute Gasteiger partial charge is 0.121 e. The standard InChI is InChI=1S/C20H16N4O2/c1-25-15-7-3-13(4-8-15)17-19-20(22-12-11-21-19)18(24-23-17)14-5-9-16(26-2)10-6-14/h3-12H,1-2H3. The van der Waals surface area contributed by atoms with Gasteiger partial charge in [-0.25, -0.2) is 0 Å². The molecule has 0 spiro atoms. The summed E-state index contributed by atoms with van der Waals surface area (Å²) in [4.78, 5) is 9.00. The Bertz CT molecular complexity index is 962. The zero-order valence-electron chi connectivity index (χ0n) is 14.4. The van der Waals surface area contributed by atoms with Crippen molar-refractivity contribution in [1.82, 2.24) is 20.2 Å². The molecule has 0 bridgehead atoms. The van der Waals surface area contributed by atoms with Crippen molar-refractivity contribution in [2.75, 3.05) is 14.2 Å². The third kappa shape index (κ3) is 2.82. The normalized spacial score (nSPS) is 10.7. The van der Waals surface area contributed by atoms with E-state index in [1.54, 1.807) is 26.6 Å². The van der Waals surface area contributed by atoms with Crippen molar-refractivity contribution in [2.24, 2.45) is 0 Å². The Labute approximate surface area is 150 Å². The lowest BCUT2D eigenvalue weighted by Crippen LogP contribution is -1.98. The first-order valence-electron chi connectivity index (χ1n) is 8.06. The zero-order chi connectivity index (χ0) is 17.9. The van der Waals surface area contributed by atoms with Crippen molar-refractivity contribution in [3.05, 3.63) is 60.9 Å². The van der Waals surface area contributed by atoms with Gasteiger partial charge in [0.25, 0.3) is 0 Å². The van der Waals surface area contributed by atoms with Gasteiger partial charge in [-0.15, -0.1) is 10.2 Å². The van der Waals surface area contributed by atoms with Gasteiger partial charge in [-0.3, -0.25) is 9.97 Å². The van der Waals surface area contributed by atoms with Gasteiger partial charge in [0.2, 0.25) is 0 Å². The highest BCUT2D eigenvalue weighted by atomic mass is 16.5. The van der Waals surface area contributed by atoms with Crippen molar-refractivity contribution in [3.8, 4) is 34.0 Å². The van der Waals surface area contributed by atoms with Crippen LogP contribution >= 0.6 is 0 Å². The summed E-state index contributed by atoms with van der Waals surface area (Å²) in [7, 11) is 3.28. The minimum atomic E-state index is 0.688. The van der Waals surface area contributed by atoms with Gasteiger partial charge in [-0.2, -0.15) is 0 Å². The molecule has 4 aromatic rings. The van der Waals surface area contributed by atoms with Gasteiger partial charge in [0.05, 0.1) is 14.2 Å². The Kier molecular flexibility index (Phi) is 4.15. The zero-order valence-corrected chi connectivity index (χ0v) is 14.4. The Morgan fingerprint density at radius 1 is 0.577 bits per heavy atom. The summed E-state index contributed by atoms with van der Waals surface area (Å²) < 4.78 is 10.4. The fraction of sp³-hybridized carbons (Fsp3) is 0.100. The first kappa shape index (κ1) is 16.0. The number of rotatable bonds is 4. The summed E-state index contributed by atoms with van der Waals surface area (Å²) in [6.07, 6.45) is 3.32. The van der Waals surface area contributed by atoms with E-state index in [1.807, 2.05) is 48.5 Å². The molecule has 26 heavy (non-hydrogen) atoms. The number of methoxy groups -OCH3 is 2. The Morgan fingerprint density at radius 2 is 0.962 bits per heavy atom. The molecule has 2 heterocycles. The maximum absolute atomic E-state index is 5.21. The molecule has 0 aliphatic heterocycles. The van der Waals surface area contributed by atoms with Gasteiger partial charge in [0, 0.05) is 23.5 Å². The molecular formula is C20H16N4O2. The van der Waals surface area contributed by atoms with E-state index in [2.05, 4.69) is 20.2 Å². The predicted octanol–water partition coefficient (Wildman–Crippen LogP) is 3.77. The fourth-order valence-electron chi connectivity index (χ4n) is 2.77. The summed E-state index contributed by atoms with van der Waals surface area (Å²) in [5.41, 5.74) is 4.60. The Hall–Kier alpha value is -3.54. The summed E-state index contributed by atoms with van der Waals surface area (Å²) in [5, 5.41) is 8.85. The second-order valence-corrected chi connectivity index (χ2v) is 5.61. The van der Waals surface area contributed by atoms with Crippen LogP contribution < -0.4 is 9.47 Å². The maximum Gasteiger partial charge on any atom is 0.121 e. The van der Waals surface area contributed by atoms with Crippen LogP contribution in [0.5, 0.6) is 11.5 Å². The Morgan fingerprint density at radius 3 is 1.31 bits per heavy atom. The molecule has 0 radical (unpaired) electrons. The van der Waals surface area contributed by atoms with Crippen LogP contribution in [0, 0.1) is 0 Å². The topological polar surface area (TPSA) is 70.0 Å². The number of ether oxygens (including phenoxy) is 2. The van der Waals surface area contributed by atoms with E-state index in [-0.39, 0.29) is 0 Å². The third-order valence-corrected chi connectivity index (χ3v) is 4.12. The van der Waals surface area contributed by atoms with Gasteiger partial charge >= 0.3 is 0 Å². The highest BCUT2D eigenvalue weighted by Gasteiger charge is 2.15. The number of hydrogen-bond donors (Lipinski definition) is 0. The van der Waals surface area contributed by atoms with Crippen molar-refractivity contribution in [2.45, 2.75) is 0 Å². The molecule has 0 amide bonds. The molecule has 4 rings (SSSR count). The van der Waals surface area contributed by atoms with E-state index in [0.717, 1.165) is 22.6 Å². The average Bonchev–Trinajstić information content (AvgIpc) is 2.73. The Balaban J connectivity index is 1.87. The molecule has 2 aromatic carbocycles. The van der Waals surface area contributed by atoms with E-state index >= 15 is 0 Å². The van der Waals surface area contributed by atoms with E-state index < -0.39 is 0 Å². The van der Waals surface area contributed by atoms with Crippen LogP contribution in [-0.2, 0) is 0 Å². The molecule has 0 aliphatic rings. The van der Waals surface area contributed by atoms with Crippen molar-refractivity contribution in [3.63, 3.8) is 0 Å². The lowest BCUT2D eigenvalue weighted by Gasteiger charge is -2.09. The van der Waals surface area contributed by atoms with Gasteiger partial charge in [-0.1, -0.05) is 0 Å². The van der Waals surface area contributed by atoms with Crippen LogP contribution in [0.25, 0.3) is 33.5 Å². The average molecular weight is 344 g/mol. The quantitative estimate of drug-likeness (QED) is 0.561. The van der Waals surface area contributed by atoms with Crippen LogP contribution in [0.4, 0.5) is 0 Å². The van der Waals surface area contributed by atoms with E-state index in [1.165, 1.54) is 0 Å². The predicted molar refractivity (Wildman–Crippen MR) is 99.1 cm³/mol. The molecule has 6 nitrogen and oxygen atoms in total. The summed E-state index contributed by atoms with van der Waals surface area (Å²) in [6.45, 7) is 0. The second kappa shape index (κ2) is 6.76. The molecular weight excluding hydrogens is 328 g/mol. The minimum Gasteiger partial charge on any atom is -0.497 e. The van der Waals surface area contributed by atoms with E-state index in [4.69, 9.17) is 9.47 Å². The number of aromatic nitrogens is 4. The van der Waals surface area contributed by atoms with E-state index in [9.17, 15) is 0 Å². The van der Waals surface area contributed by atoms with Crippen LogP contribution in [-0.4, -0.2) is 34.4 Å². The second-order valence-electron chi connectivity index (χ2n) is 5.61. The summed E-state index contributed by atoms with van der Waals surface area (Å²) >= 11 is 0. The van der Waals surface area contributed by atoms with Gasteiger partial charge in [0.15, 0.2) is 0 Å². The molecule has 0 unspecified atom stereocenters. The molecule has 0 aliphatic carbocycles. The molecule has 0 saturated heterocycles. The summed E-state index contributed by atoms with van der Waals surface area (Å²) in [5.74, 6) is 1.57. The highest BCUT2D eigenvalue weighted by Crippen LogP contribution is 2.30. The summed E-state index contributed by atoms with van der Waals surface area (Å²) in [6, 6.07) is 15.3. The minimum absolute atomic E-state index is 0.688. The fourth-order valence-corrected chi connectivity index (χ4v) is 2.77. The van der Waals surface area contributed by atoms with Crippen LogP contribution in [0.2, 0.25) is 0 Å². The first-order chi connectivity index (χ1) is 12.8. The molecule has 6 heteroatoms. The molecule has 2 aromatic heterocycles. The number of fused-ring (bicyclic) bond motifs is 1. The molecule has 0 saturated carbocycles. The van der Waals surface area contributed by atoms with Gasteiger partial charge in [0.1, 0.15) is 33.9 Å². The van der Waals surface area contributed by atoms with Crippen molar-refractivity contribution < 1.29 is 9.47 Å². The maximum atomic E-state index is 5.21. The molecule has 0 atom stereocenters. The molecule has 0 N–H and O–H groups in total. The highest BCUT2D eigenvalue weighted by molar-refractivity contribution is 5.96. The lowest BCUT2D eigenvalue weighted by atomic mass is 10.1. The van der Waals surface area contributed by atoms with Gasteiger partial charge < -0.3 is 9.47 Å². The van der Waals surface area contributed by atoms with Crippen molar-refractivity contribution in [1.29, 1.82) is 0 Å². The largest absolute Gasteiger partial charge is 0.497 e. The third-order valence-electron chi connectivity index (χ3n) is 4.12. The van der Waals surface area contributed by atoms with Crippen molar-refractivity contribution >= 4 is 11.0 Å². The van der Waals surface area contributed by atoms with E-state index in [0.29, 0.717) is 22.4 Å². The lowest BCUT2D eigenvalue weighted by molar-refractivity contribution is 0.414. The number of benzene rings is 2. The number of nitrogens with zero attached hydrogens (tertiary/aromatic N) is 4. The van der Waals surface area contributed by atoms with Crippen LogP contribution in [0.15, 0.2) is 60.9 Å². The monoisotopic (exact) mass is 344 g/mol. The van der Waals surface area contributed by atoms with Gasteiger partial charge in [-0.05, 0) is 48.5 Å². The number of hydrogen-bond acceptors (Lipinski definition) is 6. The van der Waals surface area contributed by atoms with Crippen LogP contribution in [0.1, 0.15) is 0 Å². The first-order valence-corrected chi connectivity index (χ1v) is 8.06. The van der Waals surface area contributed by atoms with Crippen LogP contribution in [0.3, 0.4) is 0 Å². The molecule has 128 valence electrons.